The predicted molar refractivity (Wildman–Crippen MR) is 95.2 cm³/mol. The van der Waals surface area contributed by atoms with E-state index in [1.54, 1.807) is 11.8 Å². The highest BCUT2D eigenvalue weighted by Gasteiger charge is 2.16. The second-order valence-corrected chi connectivity index (χ2v) is 6.77. The molecule has 0 spiro atoms. The molecule has 0 amide bonds. The fraction of sp³-hybridized carbons (Fsp3) is 0.368. The lowest BCUT2D eigenvalue weighted by atomic mass is 10.1. The molecule has 2 nitrogen and oxygen atoms in total. The van der Waals surface area contributed by atoms with E-state index in [0.29, 0.717) is 0 Å². The van der Waals surface area contributed by atoms with E-state index in [1.165, 1.54) is 16.0 Å². The highest BCUT2D eigenvalue weighted by Crippen LogP contribution is 2.17. The van der Waals surface area contributed by atoms with Gasteiger partial charge in [-0.15, -0.1) is 11.8 Å². The average Bonchev–Trinajstić information content (AvgIpc) is 2.58. The van der Waals surface area contributed by atoms with Gasteiger partial charge in [0.15, 0.2) is 0 Å². The molecule has 0 bridgehead atoms. The Hall–Kier alpha value is -1.29. The van der Waals surface area contributed by atoms with Gasteiger partial charge in [0.1, 0.15) is 0 Å². The van der Waals surface area contributed by atoms with Crippen LogP contribution in [0.4, 0.5) is 0 Å². The van der Waals surface area contributed by atoms with Gasteiger partial charge in [0.2, 0.25) is 0 Å². The molecule has 0 radical (unpaired) electrons. The molecule has 1 fully saturated rings. The molecule has 1 aliphatic rings. The number of nitrogens with zero attached hydrogens (tertiary/aromatic N) is 2. The monoisotopic (exact) mass is 312 g/mol. The molecule has 116 valence electrons. The number of benzene rings is 2. The van der Waals surface area contributed by atoms with Gasteiger partial charge in [-0.2, -0.15) is 0 Å². The Kier molecular flexibility index (Phi) is 5.54. The van der Waals surface area contributed by atoms with Crippen molar-refractivity contribution in [3.05, 3.63) is 65.7 Å². The van der Waals surface area contributed by atoms with Gasteiger partial charge < -0.3 is 0 Å². The van der Waals surface area contributed by atoms with E-state index in [9.17, 15) is 0 Å². The topological polar surface area (TPSA) is 6.48 Å². The van der Waals surface area contributed by atoms with E-state index in [2.05, 4.69) is 70.7 Å². The first-order valence-corrected chi connectivity index (χ1v) is 9.17. The van der Waals surface area contributed by atoms with Crippen LogP contribution in [0.15, 0.2) is 59.5 Å². The minimum absolute atomic E-state index is 1.08. The molecule has 0 aromatic heterocycles. The van der Waals surface area contributed by atoms with Gasteiger partial charge in [-0.05, 0) is 29.5 Å². The number of thioether (sulfide) groups is 1. The number of hydrogen-bond acceptors (Lipinski definition) is 3. The molecule has 0 unspecified atom stereocenters. The van der Waals surface area contributed by atoms with Crippen LogP contribution >= 0.6 is 11.8 Å². The van der Waals surface area contributed by atoms with Crippen molar-refractivity contribution in [2.24, 2.45) is 0 Å². The van der Waals surface area contributed by atoms with Crippen LogP contribution in [0.1, 0.15) is 11.1 Å². The maximum atomic E-state index is 2.57. The summed E-state index contributed by atoms with van der Waals surface area (Å²) >= 11 is 1.80. The Balaban J connectivity index is 1.47. The van der Waals surface area contributed by atoms with Gasteiger partial charge in [-0.1, -0.05) is 42.5 Å². The van der Waals surface area contributed by atoms with Gasteiger partial charge >= 0.3 is 0 Å². The Bertz CT molecular complexity index is 560. The Morgan fingerprint density at radius 2 is 1.23 bits per heavy atom. The molecule has 2 aromatic carbocycles. The van der Waals surface area contributed by atoms with E-state index < -0.39 is 0 Å². The zero-order valence-electron chi connectivity index (χ0n) is 13.2. The van der Waals surface area contributed by atoms with E-state index in [-0.39, 0.29) is 0 Å². The molecule has 22 heavy (non-hydrogen) atoms. The largest absolute Gasteiger partial charge is 0.297 e. The predicted octanol–water partition coefficient (Wildman–Crippen LogP) is 3.73. The first-order chi connectivity index (χ1) is 10.8. The van der Waals surface area contributed by atoms with Gasteiger partial charge in [0.05, 0.1) is 0 Å². The quantitative estimate of drug-likeness (QED) is 0.777. The zero-order valence-corrected chi connectivity index (χ0v) is 14.1. The van der Waals surface area contributed by atoms with Crippen LogP contribution in [0, 0.1) is 0 Å². The second kappa shape index (κ2) is 7.82. The van der Waals surface area contributed by atoms with Crippen molar-refractivity contribution in [2.45, 2.75) is 18.0 Å². The fourth-order valence-electron chi connectivity index (χ4n) is 2.94. The molecule has 1 saturated heterocycles. The first kappa shape index (κ1) is 15.6. The summed E-state index contributed by atoms with van der Waals surface area (Å²) in [4.78, 5) is 6.47. The SMILES string of the molecule is CSc1ccc(CN2CCN(Cc3ccccc3)CC2)cc1. The lowest BCUT2D eigenvalue weighted by molar-refractivity contribution is 0.122. The highest BCUT2D eigenvalue weighted by atomic mass is 32.2. The summed E-state index contributed by atoms with van der Waals surface area (Å²) in [6.07, 6.45) is 2.13. The second-order valence-electron chi connectivity index (χ2n) is 5.89. The van der Waals surface area contributed by atoms with Gasteiger partial charge in [0.25, 0.3) is 0 Å². The summed E-state index contributed by atoms with van der Waals surface area (Å²) < 4.78 is 0. The van der Waals surface area contributed by atoms with E-state index in [1.807, 2.05) is 0 Å². The van der Waals surface area contributed by atoms with Crippen LogP contribution in [0.3, 0.4) is 0 Å². The number of piperazine rings is 1. The molecule has 2 aromatic rings. The lowest BCUT2D eigenvalue weighted by Gasteiger charge is -2.34. The van der Waals surface area contributed by atoms with E-state index in [0.717, 1.165) is 39.3 Å². The third-order valence-corrected chi connectivity index (χ3v) is 5.02. The van der Waals surface area contributed by atoms with Crippen molar-refractivity contribution in [3.63, 3.8) is 0 Å². The Labute approximate surface area is 138 Å². The van der Waals surface area contributed by atoms with E-state index >= 15 is 0 Å². The normalized spacial score (nSPS) is 16.8. The molecule has 3 rings (SSSR count). The molecule has 0 N–H and O–H groups in total. The summed E-state index contributed by atoms with van der Waals surface area (Å²) in [6, 6.07) is 19.8. The summed E-state index contributed by atoms with van der Waals surface area (Å²) in [5.41, 5.74) is 2.85. The molecule has 0 saturated carbocycles. The first-order valence-electron chi connectivity index (χ1n) is 7.95. The number of hydrogen-bond donors (Lipinski definition) is 0. The molecule has 1 aliphatic heterocycles. The van der Waals surface area contributed by atoms with Crippen molar-refractivity contribution >= 4 is 11.8 Å². The summed E-state index contributed by atoms with van der Waals surface area (Å²) in [5.74, 6) is 0. The minimum Gasteiger partial charge on any atom is -0.297 e. The van der Waals surface area contributed by atoms with E-state index in [4.69, 9.17) is 0 Å². The highest BCUT2D eigenvalue weighted by molar-refractivity contribution is 7.98. The van der Waals surface area contributed by atoms with Gasteiger partial charge in [-0.25, -0.2) is 0 Å². The maximum absolute atomic E-state index is 2.57. The molecule has 0 aliphatic carbocycles. The summed E-state index contributed by atoms with van der Waals surface area (Å²) in [6.45, 7) is 6.81. The molecule has 1 heterocycles. The average molecular weight is 312 g/mol. The van der Waals surface area contributed by atoms with Crippen LogP contribution in [0.5, 0.6) is 0 Å². The molecule has 0 atom stereocenters. The number of rotatable bonds is 5. The van der Waals surface area contributed by atoms with Crippen molar-refractivity contribution in [1.82, 2.24) is 9.80 Å². The van der Waals surface area contributed by atoms with Crippen LogP contribution in [-0.4, -0.2) is 42.2 Å². The fourth-order valence-corrected chi connectivity index (χ4v) is 3.34. The van der Waals surface area contributed by atoms with Crippen LogP contribution < -0.4 is 0 Å². The van der Waals surface area contributed by atoms with Gasteiger partial charge in [-0.3, -0.25) is 9.80 Å². The summed E-state index contributed by atoms with van der Waals surface area (Å²) in [7, 11) is 0. The van der Waals surface area contributed by atoms with Crippen molar-refractivity contribution < 1.29 is 0 Å². The molecule has 3 heteroatoms. The van der Waals surface area contributed by atoms with Gasteiger partial charge in [0, 0.05) is 44.2 Å². The maximum Gasteiger partial charge on any atom is 0.0234 e. The van der Waals surface area contributed by atoms with Crippen LogP contribution in [0.25, 0.3) is 0 Å². The third kappa shape index (κ3) is 4.35. The Morgan fingerprint density at radius 1 is 0.727 bits per heavy atom. The van der Waals surface area contributed by atoms with Crippen molar-refractivity contribution in [3.8, 4) is 0 Å². The van der Waals surface area contributed by atoms with Crippen LogP contribution in [-0.2, 0) is 13.1 Å². The molecular formula is C19H24N2S. The standard InChI is InChI=1S/C19H24N2S/c1-22-19-9-7-18(8-10-19)16-21-13-11-20(12-14-21)15-17-5-3-2-4-6-17/h2-10H,11-16H2,1H3. The molecular weight excluding hydrogens is 288 g/mol. The summed E-state index contributed by atoms with van der Waals surface area (Å²) in [5, 5.41) is 0. The van der Waals surface area contributed by atoms with Crippen molar-refractivity contribution in [1.29, 1.82) is 0 Å². The van der Waals surface area contributed by atoms with Crippen molar-refractivity contribution in [2.75, 3.05) is 32.4 Å². The van der Waals surface area contributed by atoms with Crippen LogP contribution in [0.2, 0.25) is 0 Å². The Morgan fingerprint density at radius 3 is 1.73 bits per heavy atom. The smallest absolute Gasteiger partial charge is 0.0234 e. The third-order valence-electron chi connectivity index (χ3n) is 4.28. The zero-order chi connectivity index (χ0) is 15.2. The minimum atomic E-state index is 1.08. The lowest BCUT2D eigenvalue weighted by Crippen LogP contribution is -2.45.